The van der Waals surface area contributed by atoms with Gasteiger partial charge in [0.25, 0.3) is 5.91 Å². The van der Waals surface area contributed by atoms with Gasteiger partial charge in [-0.3, -0.25) is 4.79 Å². The van der Waals surface area contributed by atoms with Gasteiger partial charge in [0, 0.05) is 55.2 Å². The van der Waals surface area contributed by atoms with Crippen LogP contribution in [0.4, 0.5) is 17.1 Å². The quantitative estimate of drug-likeness (QED) is 0.280. The second kappa shape index (κ2) is 10.6. The number of ether oxygens (including phenoxy) is 1. The fourth-order valence-corrected chi connectivity index (χ4v) is 5.08. The van der Waals surface area contributed by atoms with Gasteiger partial charge < -0.3 is 30.2 Å². The van der Waals surface area contributed by atoms with Crippen LogP contribution < -0.4 is 16.0 Å². The van der Waals surface area contributed by atoms with E-state index < -0.39 is 5.91 Å². The second-order valence-electron chi connectivity index (χ2n) is 9.50. The van der Waals surface area contributed by atoms with Crippen molar-refractivity contribution >= 4 is 34.1 Å². The lowest BCUT2D eigenvalue weighted by molar-refractivity contribution is 0.100. The first-order valence-corrected chi connectivity index (χ1v) is 13.1. The highest BCUT2D eigenvalue weighted by Crippen LogP contribution is 2.33. The number of carbonyl (C=O) groups is 1. The molecule has 10 heteroatoms. The van der Waals surface area contributed by atoms with E-state index in [4.69, 9.17) is 15.5 Å². The van der Waals surface area contributed by atoms with E-state index in [-0.39, 0.29) is 5.56 Å². The molecule has 1 fully saturated rings. The minimum Gasteiger partial charge on any atom is -0.378 e. The fraction of sp³-hybridized carbons (Fsp3) is 0.241. The van der Waals surface area contributed by atoms with Crippen molar-refractivity contribution in [3.05, 3.63) is 84.1 Å². The Morgan fingerprint density at radius 2 is 1.97 bits per heavy atom. The molecule has 0 bridgehead atoms. The van der Waals surface area contributed by atoms with Gasteiger partial charge in [0.1, 0.15) is 11.3 Å². The Labute approximate surface area is 225 Å². The number of hydrogen-bond acceptors (Lipinski definition) is 7. The van der Waals surface area contributed by atoms with Gasteiger partial charge in [-0.2, -0.15) is 0 Å². The molecule has 5 aromatic rings. The van der Waals surface area contributed by atoms with Crippen LogP contribution in [-0.2, 0) is 17.7 Å². The van der Waals surface area contributed by atoms with Crippen molar-refractivity contribution in [2.24, 2.45) is 5.73 Å². The Morgan fingerprint density at radius 3 is 2.69 bits per heavy atom. The van der Waals surface area contributed by atoms with Gasteiger partial charge >= 0.3 is 0 Å². The molecule has 4 N–H and O–H groups in total. The first kappa shape index (κ1) is 24.6. The van der Waals surface area contributed by atoms with Crippen molar-refractivity contribution in [3.8, 4) is 11.4 Å². The molecule has 10 nitrogen and oxygen atoms in total. The van der Waals surface area contributed by atoms with Crippen molar-refractivity contribution in [2.75, 3.05) is 36.5 Å². The molecular formula is C29H30N8O2. The van der Waals surface area contributed by atoms with Crippen LogP contribution in [0.5, 0.6) is 0 Å². The molecular weight excluding hydrogens is 492 g/mol. The molecule has 4 heterocycles. The molecule has 0 saturated carbocycles. The standard InChI is InChI=1S/C29H30N8O2/c1-2-22-20(17-36-11-10-31-18-36)4-3-5-24(22)33-25-23(27(30)38)16-32-29-26(25)34-28(35-29)19-6-8-21(9-7-19)37-12-14-39-15-13-37/h3-11,16,18H,2,12-15,17H2,1H3,(H2,30,38)(H2,32,33,34,35). The van der Waals surface area contributed by atoms with E-state index in [9.17, 15) is 4.79 Å². The number of imidazole rings is 2. The highest BCUT2D eigenvalue weighted by Gasteiger charge is 2.20. The van der Waals surface area contributed by atoms with E-state index in [1.165, 1.54) is 6.20 Å². The van der Waals surface area contributed by atoms with Gasteiger partial charge in [-0.15, -0.1) is 0 Å². The zero-order chi connectivity index (χ0) is 26.8. The maximum Gasteiger partial charge on any atom is 0.252 e. The third-order valence-electron chi connectivity index (χ3n) is 7.09. The zero-order valence-corrected chi connectivity index (χ0v) is 21.7. The van der Waals surface area contributed by atoms with Crippen molar-refractivity contribution in [3.63, 3.8) is 0 Å². The summed E-state index contributed by atoms with van der Waals surface area (Å²) in [5, 5.41) is 3.49. The molecule has 1 aliphatic heterocycles. The molecule has 0 radical (unpaired) electrons. The van der Waals surface area contributed by atoms with Crippen molar-refractivity contribution in [1.82, 2.24) is 24.5 Å². The largest absolute Gasteiger partial charge is 0.378 e. The zero-order valence-electron chi connectivity index (χ0n) is 21.7. The summed E-state index contributed by atoms with van der Waals surface area (Å²) in [6.45, 7) is 6.04. The molecule has 1 amide bonds. The number of hydrogen-bond donors (Lipinski definition) is 3. The highest BCUT2D eigenvalue weighted by molar-refractivity contribution is 6.06. The van der Waals surface area contributed by atoms with Crippen LogP contribution in [0.1, 0.15) is 28.4 Å². The Bertz CT molecular complexity index is 1600. The normalized spacial score (nSPS) is 13.6. The maximum absolute atomic E-state index is 12.4. The maximum atomic E-state index is 12.4. The Hall–Kier alpha value is -4.70. The van der Waals surface area contributed by atoms with Crippen LogP contribution >= 0.6 is 0 Å². The van der Waals surface area contributed by atoms with E-state index in [0.29, 0.717) is 29.2 Å². The molecule has 2 aromatic carbocycles. The number of rotatable bonds is 8. The molecule has 3 aromatic heterocycles. The molecule has 39 heavy (non-hydrogen) atoms. The van der Waals surface area contributed by atoms with Crippen molar-refractivity contribution < 1.29 is 9.53 Å². The van der Waals surface area contributed by atoms with E-state index in [1.807, 2.05) is 35.0 Å². The number of amides is 1. The number of pyridine rings is 1. The molecule has 198 valence electrons. The lowest BCUT2D eigenvalue weighted by atomic mass is 10.0. The number of primary amides is 1. The molecule has 1 saturated heterocycles. The summed E-state index contributed by atoms with van der Waals surface area (Å²) in [6, 6.07) is 14.4. The average molecular weight is 523 g/mol. The number of nitrogens with two attached hydrogens (primary N) is 1. The first-order valence-electron chi connectivity index (χ1n) is 13.1. The minimum absolute atomic E-state index is 0.283. The third kappa shape index (κ3) is 4.94. The monoisotopic (exact) mass is 522 g/mol. The number of benzene rings is 2. The van der Waals surface area contributed by atoms with E-state index >= 15 is 0 Å². The number of nitrogens with zero attached hydrogens (tertiary/aromatic N) is 5. The lowest BCUT2D eigenvalue weighted by Crippen LogP contribution is -2.36. The summed E-state index contributed by atoms with van der Waals surface area (Å²) in [6.07, 6.45) is 7.81. The fourth-order valence-electron chi connectivity index (χ4n) is 5.08. The van der Waals surface area contributed by atoms with Gasteiger partial charge in [0.05, 0.1) is 30.8 Å². The highest BCUT2D eigenvalue weighted by atomic mass is 16.5. The number of aromatic amines is 1. The number of nitrogens with one attached hydrogen (secondary N) is 2. The predicted molar refractivity (Wildman–Crippen MR) is 151 cm³/mol. The van der Waals surface area contributed by atoms with Crippen LogP contribution in [0.25, 0.3) is 22.6 Å². The van der Waals surface area contributed by atoms with Crippen molar-refractivity contribution in [1.29, 1.82) is 0 Å². The molecule has 0 aliphatic carbocycles. The Balaban J connectivity index is 1.37. The molecule has 6 rings (SSSR count). The smallest absolute Gasteiger partial charge is 0.252 e. The van der Waals surface area contributed by atoms with Crippen molar-refractivity contribution in [2.45, 2.75) is 19.9 Å². The molecule has 1 aliphatic rings. The third-order valence-corrected chi connectivity index (χ3v) is 7.09. The van der Waals surface area contributed by atoms with Gasteiger partial charge in [0.15, 0.2) is 5.65 Å². The Kier molecular flexibility index (Phi) is 6.68. The molecule has 0 atom stereocenters. The first-order chi connectivity index (χ1) is 19.1. The van der Waals surface area contributed by atoms with Crippen LogP contribution in [-0.4, -0.2) is 56.7 Å². The van der Waals surface area contributed by atoms with E-state index in [0.717, 1.165) is 60.8 Å². The lowest BCUT2D eigenvalue weighted by Gasteiger charge is -2.28. The number of morpholine rings is 1. The van der Waals surface area contributed by atoms with Gasteiger partial charge in [0.2, 0.25) is 0 Å². The number of H-pyrrole nitrogens is 1. The predicted octanol–water partition coefficient (Wildman–Crippen LogP) is 4.11. The van der Waals surface area contributed by atoms with Crippen LogP contribution in [0.15, 0.2) is 67.4 Å². The summed E-state index contributed by atoms with van der Waals surface area (Å²) in [5.41, 5.74) is 13.0. The van der Waals surface area contributed by atoms with E-state index in [2.05, 4.69) is 50.3 Å². The second-order valence-corrected chi connectivity index (χ2v) is 9.50. The number of carbonyl (C=O) groups excluding carboxylic acids is 1. The minimum atomic E-state index is -0.570. The van der Waals surface area contributed by atoms with Crippen LogP contribution in [0, 0.1) is 0 Å². The SMILES string of the molecule is CCc1c(Cn2ccnc2)cccc1Nc1c(C(N)=O)cnc2[nH]c(-c3ccc(N4CCOCC4)cc3)nc12. The summed E-state index contributed by atoms with van der Waals surface area (Å²) >= 11 is 0. The summed E-state index contributed by atoms with van der Waals surface area (Å²) in [5.74, 6) is 0.0965. The topological polar surface area (TPSA) is 127 Å². The summed E-state index contributed by atoms with van der Waals surface area (Å²) in [7, 11) is 0. The molecule has 0 spiro atoms. The van der Waals surface area contributed by atoms with Gasteiger partial charge in [-0.05, 0) is 47.9 Å². The van der Waals surface area contributed by atoms with Gasteiger partial charge in [-0.1, -0.05) is 19.1 Å². The van der Waals surface area contributed by atoms with Gasteiger partial charge in [-0.25, -0.2) is 15.0 Å². The van der Waals surface area contributed by atoms with Crippen LogP contribution in [0.2, 0.25) is 0 Å². The molecule has 0 unspecified atom stereocenters. The summed E-state index contributed by atoms with van der Waals surface area (Å²) < 4.78 is 7.50. The average Bonchev–Trinajstić information content (AvgIpc) is 3.64. The van der Waals surface area contributed by atoms with Crippen LogP contribution in [0.3, 0.4) is 0 Å². The van der Waals surface area contributed by atoms with E-state index in [1.54, 1.807) is 12.5 Å². The number of aromatic nitrogens is 5. The number of anilines is 3. The Morgan fingerprint density at radius 1 is 1.15 bits per heavy atom. The number of fused-ring (bicyclic) bond motifs is 1. The summed E-state index contributed by atoms with van der Waals surface area (Å²) in [4.78, 5) is 31.5.